The summed E-state index contributed by atoms with van der Waals surface area (Å²) in [6.07, 6.45) is 8.00. The van der Waals surface area contributed by atoms with Gasteiger partial charge < -0.3 is 4.90 Å². The molecular formula is C21H33N3. The van der Waals surface area contributed by atoms with Crippen molar-refractivity contribution in [3.63, 3.8) is 0 Å². The Morgan fingerprint density at radius 2 is 1.75 bits per heavy atom. The standard InChI is InChI=1S/C14H16N2.C5H11N.C2H6/c1-4-5-8-12-11(3)15-14-10(2)7-6-9-13(14)16-12;1-6-4-2-3-5-6;1-2/h5-9H,4H2,1-3H3;2-5H2,1H3;1-2H3/b8-5+;;. The van der Waals surface area contributed by atoms with E-state index in [-0.39, 0.29) is 0 Å². The van der Waals surface area contributed by atoms with Gasteiger partial charge in [0.1, 0.15) is 0 Å². The normalized spacial score (nSPS) is 14.2. The molecule has 24 heavy (non-hydrogen) atoms. The molecule has 0 amide bonds. The van der Waals surface area contributed by atoms with Gasteiger partial charge in [-0.3, -0.25) is 0 Å². The van der Waals surface area contributed by atoms with Gasteiger partial charge in [0.25, 0.3) is 0 Å². The van der Waals surface area contributed by atoms with Gasteiger partial charge in [0, 0.05) is 0 Å². The van der Waals surface area contributed by atoms with Gasteiger partial charge in [-0.05, 0) is 71.0 Å². The Balaban J connectivity index is 0.000000300. The molecule has 0 bridgehead atoms. The van der Waals surface area contributed by atoms with E-state index < -0.39 is 0 Å². The van der Waals surface area contributed by atoms with Crippen LogP contribution in [-0.2, 0) is 0 Å². The van der Waals surface area contributed by atoms with Crippen LogP contribution in [0.15, 0.2) is 24.3 Å². The summed E-state index contributed by atoms with van der Waals surface area (Å²) >= 11 is 0. The second-order valence-electron chi connectivity index (χ2n) is 5.96. The summed E-state index contributed by atoms with van der Waals surface area (Å²) < 4.78 is 0. The fraction of sp³-hybridized carbons (Fsp3) is 0.524. The number of hydrogen-bond donors (Lipinski definition) is 0. The van der Waals surface area contributed by atoms with Gasteiger partial charge in [0.2, 0.25) is 0 Å². The van der Waals surface area contributed by atoms with E-state index in [0.717, 1.165) is 28.8 Å². The summed E-state index contributed by atoms with van der Waals surface area (Å²) in [7, 11) is 2.17. The molecule has 3 rings (SSSR count). The minimum Gasteiger partial charge on any atom is -0.306 e. The fourth-order valence-corrected chi connectivity index (χ4v) is 2.58. The first-order valence-corrected chi connectivity index (χ1v) is 9.21. The number of hydrogen-bond acceptors (Lipinski definition) is 3. The van der Waals surface area contributed by atoms with Crippen LogP contribution in [0.5, 0.6) is 0 Å². The smallest absolute Gasteiger partial charge is 0.0919 e. The van der Waals surface area contributed by atoms with Gasteiger partial charge in [-0.25, -0.2) is 9.97 Å². The van der Waals surface area contributed by atoms with Crippen molar-refractivity contribution in [3.05, 3.63) is 41.2 Å². The van der Waals surface area contributed by atoms with E-state index in [0.29, 0.717) is 0 Å². The molecule has 0 atom stereocenters. The van der Waals surface area contributed by atoms with Crippen LogP contribution in [0.25, 0.3) is 17.1 Å². The number of allylic oxidation sites excluding steroid dienone is 1. The maximum absolute atomic E-state index is 4.62. The van der Waals surface area contributed by atoms with Gasteiger partial charge in [-0.1, -0.05) is 39.0 Å². The van der Waals surface area contributed by atoms with E-state index in [9.17, 15) is 0 Å². The van der Waals surface area contributed by atoms with E-state index in [1.165, 1.54) is 31.5 Å². The zero-order valence-electron chi connectivity index (χ0n) is 16.3. The van der Waals surface area contributed by atoms with Crippen LogP contribution in [0.2, 0.25) is 0 Å². The average molecular weight is 328 g/mol. The van der Waals surface area contributed by atoms with Crippen LogP contribution in [0, 0.1) is 13.8 Å². The molecule has 2 heterocycles. The van der Waals surface area contributed by atoms with Crippen molar-refractivity contribution in [2.24, 2.45) is 0 Å². The number of rotatable bonds is 2. The molecule has 0 N–H and O–H groups in total. The number of benzene rings is 1. The molecule has 2 aromatic rings. The highest BCUT2D eigenvalue weighted by Crippen LogP contribution is 2.17. The van der Waals surface area contributed by atoms with Crippen molar-refractivity contribution in [2.45, 2.75) is 53.9 Å². The molecule has 1 fully saturated rings. The molecule has 0 unspecified atom stereocenters. The minimum atomic E-state index is 0.972. The Morgan fingerprint density at radius 3 is 2.29 bits per heavy atom. The maximum atomic E-state index is 4.62. The molecule has 1 aromatic heterocycles. The molecule has 0 spiro atoms. The van der Waals surface area contributed by atoms with Gasteiger partial charge >= 0.3 is 0 Å². The van der Waals surface area contributed by atoms with E-state index in [1.54, 1.807) is 0 Å². The molecule has 0 radical (unpaired) electrons. The third-order valence-corrected chi connectivity index (χ3v) is 3.95. The van der Waals surface area contributed by atoms with Crippen LogP contribution in [0.3, 0.4) is 0 Å². The highest BCUT2D eigenvalue weighted by atomic mass is 15.1. The molecule has 0 saturated carbocycles. The lowest BCUT2D eigenvalue weighted by Crippen LogP contribution is -2.10. The number of likely N-dealkylation sites (tertiary alicyclic amines) is 1. The zero-order valence-corrected chi connectivity index (χ0v) is 16.3. The van der Waals surface area contributed by atoms with E-state index >= 15 is 0 Å². The third kappa shape index (κ3) is 6.04. The van der Waals surface area contributed by atoms with Gasteiger partial charge in [0.05, 0.1) is 22.4 Å². The Labute approximate surface area is 147 Å². The molecule has 1 aliphatic rings. The monoisotopic (exact) mass is 327 g/mol. The highest BCUT2D eigenvalue weighted by molar-refractivity contribution is 5.79. The predicted molar refractivity (Wildman–Crippen MR) is 106 cm³/mol. The fourth-order valence-electron chi connectivity index (χ4n) is 2.58. The quantitative estimate of drug-likeness (QED) is 0.738. The van der Waals surface area contributed by atoms with Crippen molar-refractivity contribution in [1.82, 2.24) is 14.9 Å². The second-order valence-corrected chi connectivity index (χ2v) is 5.96. The average Bonchev–Trinajstić information content (AvgIpc) is 3.07. The molecule has 132 valence electrons. The Hall–Kier alpha value is -1.74. The molecule has 1 aromatic carbocycles. The minimum absolute atomic E-state index is 0.972. The molecular weight excluding hydrogens is 294 g/mol. The first kappa shape index (κ1) is 20.3. The van der Waals surface area contributed by atoms with Crippen LogP contribution in [-0.4, -0.2) is 35.0 Å². The van der Waals surface area contributed by atoms with Crippen LogP contribution < -0.4 is 0 Å². The van der Waals surface area contributed by atoms with E-state index in [4.69, 9.17) is 0 Å². The predicted octanol–water partition coefficient (Wildman–Crippen LogP) is 5.41. The zero-order chi connectivity index (χ0) is 17.9. The van der Waals surface area contributed by atoms with Crippen molar-refractivity contribution in [2.75, 3.05) is 20.1 Å². The second kappa shape index (κ2) is 10.9. The summed E-state index contributed by atoms with van der Waals surface area (Å²) in [4.78, 5) is 11.6. The van der Waals surface area contributed by atoms with Crippen LogP contribution >= 0.6 is 0 Å². The summed E-state index contributed by atoms with van der Waals surface area (Å²) in [6.45, 7) is 12.8. The Kier molecular flexibility index (Phi) is 9.24. The van der Waals surface area contributed by atoms with Crippen LogP contribution in [0.1, 0.15) is 57.0 Å². The van der Waals surface area contributed by atoms with Crippen molar-refractivity contribution < 1.29 is 0 Å². The summed E-state index contributed by atoms with van der Waals surface area (Å²) in [5.74, 6) is 0. The molecule has 3 nitrogen and oxygen atoms in total. The van der Waals surface area contributed by atoms with Gasteiger partial charge in [0.15, 0.2) is 0 Å². The maximum Gasteiger partial charge on any atom is 0.0919 e. The molecule has 0 aliphatic carbocycles. The van der Waals surface area contributed by atoms with E-state index in [2.05, 4.69) is 47.9 Å². The first-order valence-electron chi connectivity index (χ1n) is 9.21. The summed E-state index contributed by atoms with van der Waals surface area (Å²) in [5.41, 5.74) is 5.13. The van der Waals surface area contributed by atoms with Gasteiger partial charge in [-0.15, -0.1) is 0 Å². The summed E-state index contributed by atoms with van der Waals surface area (Å²) in [5, 5.41) is 0. The molecule has 1 aliphatic heterocycles. The number of aromatic nitrogens is 2. The van der Waals surface area contributed by atoms with Gasteiger partial charge in [-0.2, -0.15) is 0 Å². The Bertz CT molecular complexity index is 641. The number of nitrogens with zero attached hydrogens (tertiary/aromatic N) is 3. The lowest BCUT2D eigenvalue weighted by Gasteiger charge is -2.04. The number of fused-ring (bicyclic) bond motifs is 1. The number of para-hydroxylation sites is 1. The van der Waals surface area contributed by atoms with Crippen molar-refractivity contribution in [3.8, 4) is 0 Å². The van der Waals surface area contributed by atoms with Crippen LogP contribution in [0.4, 0.5) is 0 Å². The van der Waals surface area contributed by atoms with E-state index in [1.807, 2.05) is 39.0 Å². The largest absolute Gasteiger partial charge is 0.306 e. The highest BCUT2D eigenvalue weighted by Gasteiger charge is 2.04. The Morgan fingerprint density at radius 1 is 1.08 bits per heavy atom. The summed E-state index contributed by atoms with van der Waals surface area (Å²) in [6, 6.07) is 6.10. The lowest BCUT2D eigenvalue weighted by molar-refractivity contribution is 0.418. The lowest BCUT2D eigenvalue weighted by atomic mass is 10.2. The SMILES string of the molecule is CC.CC/C=C/c1nc2cccc(C)c2nc1C.CN1CCCC1. The van der Waals surface area contributed by atoms with Crippen molar-refractivity contribution in [1.29, 1.82) is 0 Å². The van der Waals surface area contributed by atoms with Crippen molar-refractivity contribution >= 4 is 17.1 Å². The number of aryl methyl sites for hydroxylation is 2. The molecule has 3 heteroatoms. The first-order chi connectivity index (χ1) is 11.6. The topological polar surface area (TPSA) is 29.0 Å². The third-order valence-electron chi connectivity index (χ3n) is 3.95. The molecule has 1 saturated heterocycles.